The lowest BCUT2D eigenvalue weighted by atomic mass is 10.1. The van der Waals surface area contributed by atoms with Crippen LogP contribution in [0.2, 0.25) is 0 Å². The number of esters is 1. The molecule has 5 nitrogen and oxygen atoms in total. The molecule has 1 N–H and O–H groups in total. The Labute approximate surface area is 161 Å². The first kappa shape index (κ1) is 17.8. The predicted molar refractivity (Wildman–Crippen MR) is 108 cm³/mol. The molecule has 0 saturated heterocycles. The summed E-state index contributed by atoms with van der Waals surface area (Å²) in [6, 6.07) is 20.9. The molecule has 0 radical (unpaired) electrons. The molecule has 140 valence electrons. The van der Waals surface area contributed by atoms with Gasteiger partial charge in [0.05, 0.1) is 0 Å². The fourth-order valence-electron chi connectivity index (χ4n) is 3.24. The van der Waals surface area contributed by atoms with Crippen LogP contribution in [0.4, 0.5) is 0 Å². The number of rotatable bonds is 6. The van der Waals surface area contributed by atoms with Gasteiger partial charge in [-0.2, -0.15) is 0 Å². The third-order valence-electron chi connectivity index (χ3n) is 4.63. The zero-order valence-corrected chi connectivity index (χ0v) is 15.3. The van der Waals surface area contributed by atoms with Gasteiger partial charge in [-0.15, -0.1) is 0 Å². The summed E-state index contributed by atoms with van der Waals surface area (Å²) in [5.41, 5.74) is 1.37. The summed E-state index contributed by atoms with van der Waals surface area (Å²) in [7, 11) is 0. The summed E-state index contributed by atoms with van der Waals surface area (Å²) < 4.78 is 10.9. The highest BCUT2D eigenvalue weighted by Gasteiger charge is 2.22. The smallest absolute Gasteiger partial charge is 0.344 e. The Balaban J connectivity index is 1.41. The molecule has 1 aromatic heterocycles. The number of para-hydroxylation sites is 1. The van der Waals surface area contributed by atoms with E-state index in [1.807, 2.05) is 60.7 Å². The Morgan fingerprint density at radius 2 is 1.64 bits per heavy atom. The Bertz CT molecular complexity index is 1160. The van der Waals surface area contributed by atoms with Crippen LogP contribution in [0.25, 0.3) is 21.7 Å². The van der Waals surface area contributed by atoms with E-state index < -0.39 is 12.1 Å². The lowest BCUT2D eigenvalue weighted by Gasteiger charge is -2.13. The van der Waals surface area contributed by atoms with Gasteiger partial charge < -0.3 is 14.5 Å². The van der Waals surface area contributed by atoms with Crippen molar-refractivity contribution in [3.8, 4) is 5.75 Å². The van der Waals surface area contributed by atoms with Crippen molar-refractivity contribution >= 4 is 33.4 Å². The van der Waals surface area contributed by atoms with Crippen LogP contribution in [0.15, 0.2) is 72.9 Å². The Morgan fingerprint density at radius 1 is 0.929 bits per heavy atom. The SMILES string of the molecule is CC(OC(=O)COc1cccc2ccccc12)C(=O)c1c[nH]c2ccccc12. The van der Waals surface area contributed by atoms with Crippen LogP contribution < -0.4 is 4.74 Å². The number of carbonyl (C=O) groups is 2. The molecule has 0 fully saturated rings. The van der Waals surface area contributed by atoms with Crippen molar-refractivity contribution in [1.82, 2.24) is 4.98 Å². The Kier molecular flexibility index (Phi) is 4.81. The summed E-state index contributed by atoms with van der Waals surface area (Å²) in [6.45, 7) is 1.30. The first-order chi connectivity index (χ1) is 13.6. The summed E-state index contributed by atoms with van der Waals surface area (Å²) >= 11 is 0. The van der Waals surface area contributed by atoms with E-state index in [1.165, 1.54) is 0 Å². The van der Waals surface area contributed by atoms with Gasteiger partial charge in [-0.25, -0.2) is 4.79 Å². The van der Waals surface area contributed by atoms with Gasteiger partial charge in [-0.3, -0.25) is 4.79 Å². The van der Waals surface area contributed by atoms with E-state index in [0.29, 0.717) is 11.3 Å². The number of ketones is 1. The number of Topliss-reactive ketones (excluding diaryl/α,β-unsaturated/α-hetero) is 1. The molecule has 0 amide bonds. The number of nitrogens with one attached hydrogen (secondary N) is 1. The second-order valence-corrected chi connectivity index (χ2v) is 6.51. The topological polar surface area (TPSA) is 68.4 Å². The highest BCUT2D eigenvalue weighted by atomic mass is 16.6. The molecule has 0 bridgehead atoms. The molecule has 4 rings (SSSR count). The average molecular weight is 373 g/mol. The molecule has 4 aromatic rings. The molecule has 5 heteroatoms. The third kappa shape index (κ3) is 3.47. The molecular weight excluding hydrogens is 354 g/mol. The second-order valence-electron chi connectivity index (χ2n) is 6.51. The maximum atomic E-state index is 12.7. The van der Waals surface area contributed by atoms with Crippen LogP contribution in [-0.4, -0.2) is 29.4 Å². The maximum absolute atomic E-state index is 12.7. The number of carbonyl (C=O) groups excluding carboxylic acids is 2. The standard InChI is InChI=1S/C23H19NO4/c1-15(23(26)19-13-24-20-11-5-4-10-18(19)20)28-22(25)14-27-21-12-6-8-16-7-2-3-9-17(16)21/h2-13,15,24H,14H2,1H3. The maximum Gasteiger partial charge on any atom is 0.344 e. The van der Waals surface area contributed by atoms with Crippen LogP contribution in [0.1, 0.15) is 17.3 Å². The van der Waals surface area contributed by atoms with Gasteiger partial charge >= 0.3 is 5.97 Å². The fraction of sp³-hybridized carbons (Fsp3) is 0.130. The molecule has 1 unspecified atom stereocenters. The number of benzene rings is 3. The van der Waals surface area contributed by atoms with Crippen LogP contribution in [-0.2, 0) is 9.53 Å². The summed E-state index contributed by atoms with van der Waals surface area (Å²) in [4.78, 5) is 27.9. The first-order valence-corrected chi connectivity index (χ1v) is 9.04. The highest BCUT2D eigenvalue weighted by Crippen LogP contribution is 2.25. The molecule has 3 aromatic carbocycles. The Morgan fingerprint density at radius 3 is 2.50 bits per heavy atom. The zero-order valence-electron chi connectivity index (χ0n) is 15.3. The van der Waals surface area contributed by atoms with Crippen molar-refractivity contribution < 1.29 is 19.1 Å². The average Bonchev–Trinajstić information content (AvgIpc) is 3.15. The van der Waals surface area contributed by atoms with Crippen molar-refractivity contribution in [2.24, 2.45) is 0 Å². The Hall–Kier alpha value is -3.60. The van der Waals surface area contributed by atoms with Gasteiger partial charge in [0.25, 0.3) is 0 Å². The number of aromatic nitrogens is 1. The molecular formula is C23H19NO4. The molecule has 1 atom stereocenters. The molecule has 0 saturated carbocycles. The van der Waals surface area contributed by atoms with E-state index in [2.05, 4.69) is 4.98 Å². The van der Waals surface area contributed by atoms with E-state index in [0.717, 1.165) is 21.7 Å². The minimum absolute atomic E-state index is 0.254. The van der Waals surface area contributed by atoms with Gasteiger partial charge in [-0.05, 0) is 24.4 Å². The van der Waals surface area contributed by atoms with Crippen molar-refractivity contribution in [1.29, 1.82) is 0 Å². The van der Waals surface area contributed by atoms with E-state index in [4.69, 9.17) is 9.47 Å². The van der Waals surface area contributed by atoms with Gasteiger partial charge in [-0.1, -0.05) is 54.6 Å². The van der Waals surface area contributed by atoms with Gasteiger partial charge in [0.2, 0.25) is 5.78 Å². The van der Waals surface area contributed by atoms with Crippen LogP contribution in [0.5, 0.6) is 5.75 Å². The number of hydrogen-bond acceptors (Lipinski definition) is 4. The van der Waals surface area contributed by atoms with Crippen molar-refractivity contribution in [3.63, 3.8) is 0 Å². The van der Waals surface area contributed by atoms with Crippen LogP contribution in [0.3, 0.4) is 0 Å². The lowest BCUT2D eigenvalue weighted by Crippen LogP contribution is -2.27. The number of H-pyrrole nitrogens is 1. The molecule has 0 aliphatic carbocycles. The first-order valence-electron chi connectivity index (χ1n) is 9.04. The number of fused-ring (bicyclic) bond motifs is 2. The quantitative estimate of drug-likeness (QED) is 0.399. The molecule has 0 aliphatic heterocycles. The summed E-state index contributed by atoms with van der Waals surface area (Å²) in [5, 5.41) is 2.75. The van der Waals surface area contributed by atoms with E-state index in [-0.39, 0.29) is 12.4 Å². The minimum Gasteiger partial charge on any atom is -0.481 e. The molecule has 0 spiro atoms. The van der Waals surface area contributed by atoms with Crippen LogP contribution >= 0.6 is 0 Å². The zero-order chi connectivity index (χ0) is 19.5. The summed E-state index contributed by atoms with van der Waals surface area (Å²) in [5.74, 6) is -0.241. The fourth-order valence-corrected chi connectivity index (χ4v) is 3.24. The predicted octanol–water partition coefficient (Wildman–Crippen LogP) is 4.51. The second kappa shape index (κ2) is 7.56. The monoisotopic (exact) mass is 373 g/mol. The van der Waals surface area contributed by atoms with Crippen molar-refractivity contribution in [2.45, 2.75) is 13.0 Å². The summed E-state index contributed by atoms with van der Waals surface area (Å²) in [6.07, 6.45) is 0.743. The highest BCUT2D eigenvalue weighted by molar-refractivity contribution is 6.10. The lowest BCUT2D eigenvalue weighted by molar-refractivity contribution is -0.148. The van der Waals surface area contributed by atoms with Gasteiger partial charge in [0.15, 0.2) is 12.7 Å². The largest absolute Gasteiger partial charge is 0.481 e. The number of aromatic amines is 1. The molecule has 28 heavy (non-hydrogen) atoms. The van der Waals surface area contributed by atoms with E-state index in [1.54, 1.807) is 19.2 Å². The number of hydrogen-bond donors (Lipinski definition) is 1. The van der Waals surface area contributed by atoms with Crippen LogP contribution in [0, 0.1) is 0 Å². The number of ether oxygens (including phenoxy) is 2. The molecule has 1 heterocycles. The van der Waals surface area contributed by atoms with Crippen molar-refractivity contribution in [3.05, 3.63) is 78.5 Å². The van der Waals surface area contributed by atoms with E-state index >= 15 is 0 Å². The normalized spacial score (nSPS) is 12.0. The van der Waals surface area contributed by atoms with E-state index in [9.17, 15) is 9.59 Å². The third-order valence-corrected chi connectivity index (χ3v) is 4.63. The molecule has 0 aliphatic rings. The minimum atomic E-state index is -0.900. The van der Waals surface area contributed by atoms with Gasteiger partial charge in [0, 0.05) is 28.0 Å². The van der Waals surface area contributed by atoms with Gasteiger partial charge in [0.1, 0.15) is 5.75 Å². The van der Waals surface area contributed by atoms with Crippen molar-refractivity contribution in [2.75, 3.05) is 6.61 Å².